The van der Waals surface area contributed by atoms with Gasteiger partial charge in [0, 0.05) is 14.1 Å². The molecule has 0 aromatic carbocycles. The second-order valence-corrected chi connectivity index (χ2v) is 5.48. The van der Waals surface area contributed by atoms with Crippen molar-refractivity contribution in [3.05, 3.63) is 17.9 Å². The maximum absolute atomic E-state index is 11.7. The van der Waals surface area contributed by atoms with Crippen molar-refractivity contribution in [3.8, 4) is 0 Å². The molecule has 0 unspecified atom stereocenters. The Balaban J connectivity index is 2.67. The Kier molecular flexibility index (Phi) is 5.13. The Labute approximate surface area is 102 Å². The molecular weight excluding hydrogens is 242 g/mol. The van der Waals surface area contributed by atoms with Crippen molar-refractivity contribution in [1.29, 1.82) is 0 Å². The maximum Gasteiger partial charge on any atom is 0.286 e. The van der Waals surface area contributed by atoms with Crippen molar-refractivity contribution in [1.82, 2.24) is 15.2 Å². The lowest BCUT2D eigenvalue weighted by molar-refractivity contribution is 0.346. The van der Waals surface area contributed by atoms with Gasteiger partial charge in [0.1, 0.15) is 5.76 Å². The van der Waals surface area contributed by atoms with Gasteiger partial charge >= 0.3 is 0 Å². The van der Waals surface area contributed by atoms with E-state index in [1.807, 2.05) is 0 Å². The summed E-state index contributed by atoms with van der Waals surface area (Å²) < 4.78 is 28.7. The van der Waals surface area contributed by atoms with Crippen LogP contribution in [0.2, 0.25) is 0 Å². The average molecular weight is 261 g/mol. The van der Waals surface area contributed by atoms with Gasteiger partial charge in [-0.1, -0.05) is 6.92 Å². The van der Waals surface area contributed by atoms with E-state index in [0.29, 0.717) is 12.3 Å². The molecule has 0 fully saturated rings. The first kappa shape index (κ1) is 14.2. The van der Waals surface area contributed by atoms with Crippen LogP contribution in [0, 0.1) is 0 Å². The Hall–Kier alpha value is -0.890. The van der Waals surface area contributed by atoms with Crippen molar-refractivity contribution in [2.75, 3.05) is 20.6 Å². The fourth-order valence-electron chi connectivity index (χ4n) is 1.27. The number of sulfonamides is 1. The predicted octanol–water partition coefficient (Wildman–Crippen LogP) is 0.534. The van der Waals surface area contributed by atoms with E-state index in [1.54, 1.807) is 20.2 Å². The van der Waals surface area contributed by atoms with E-state index < -0.39 is 10.0 Å². The van der Waals surface area contributed by atoms with Gasteiger partial charge in [-0.05, 0) is 25.1 Å². The lowest BCUT2D eigenvalue weighted by atomic mass is 10.4. The standard InChI is InChI=1S/C10H19N3O3S/c1-4-7-11-8-9-5-6-10(16-9)17(14,15)12-13(2)3/h5-6,11-12H,4,7-8H2,1-3H3. The topological polar surface area (TPSA) is 74.6 Å². The van der Waals surface area contributed by atoms with Crippen LogP contribution >= 0.6 is 0 Å². The maximum atomic E-state index is 11.7. The van der Waals surface area contributed by atoms with E-state index >= 15 is 0 Å². The number of hydrogen-bond donors (Lipinski definition) is 2. The van der Waals surface area contributed by atoms with Gasteiger partial charge in [0.15, 0.2) is 0 Å². The van der Waals surface area contributed by atoms with Crippen molar-refractivity contribution >= 4 is 10.0 Å². The first-order chi connectivity index (χ1) is 7.95. The molecule has 0 bridgehead atoms. The van der Waals surface area contributed by atoms with Gasteiger partial charge in [-0.2, -0.15) is 0 Å². The van der Waals surface area contributed by atoms with Crippen molar-refractivity contribution in [2.24, 2.45) is 0 Å². The third-order valence-corrected chi connectivity index (χ3v) is 3.29. The van der Waals surface area contributed by atoms with Gasteiger partial charge in [0.2, 0.25) is 5.09 Å². The largest absolute Gasteiger partial charge is 0.447 e. The molecule has 7 heteroatoms. The van der Waals surface area contributed by atoms with Gasteiger partial charge in [0.05, 0.1) is 6.54 Å². The molecule has 0 spiro atoms. The molecular formula is C10H19N3O3S. The van der Waals surface area contributed by atoms with E-state index in [4.69, 9.17) is 4.42 Å². The number of hydrogen-bond acceptors (Lipinski definition) is 5. The summed E-state index contributed by atoms with van der Waals surface area (Å²) in [4.78, 5) is 2.31. The molecule has 98 valence electrons. The highest BCUT2D eigenvalue weighted by Gasteiger charge is 2.19. The summed E-state index contributed by atoms with van der Waals surface area (Å²) in [5.41, 5.74) is 0. The van der Waals surface area contributed by atoms with Gasteiger partial charge in [0.25, 0.3) is 10.0 Å². The van der Waals surface area contributed by atoms with E-state index in [0.717, 1.165) is 13.0 Å². The Bertz CT molecular complexity index is 439. The SMILES string of the molecule is CCCNCc1ccc(S(=O)(=O)NN(C)C)o1. The first-order valence-electron chi connectivity index (χ1n) is 5.45. The number of nitrogens with one attached hydrogen (secondary N) is 2. The van der Waals surface area contributed by atoms with Crippen molar-refractivity contribution in [3.63, 3.8) is 0 Å². The van der Waals surface area contributed by atoms with Crippen LogP contribution in [0.5, 0.6) is 0 Å². The number of nitrogens with zero attached hydrogens (tertiary/aromatic N) is 1. The lowest BCUT2D eigenvalue weighted by Crippen LogP contribution is -2.35. The quantitative estimate of drug-likeness (QED) is 0.553. The molecule has 0 atom stereocenters. The molecule has 0 saturated heterocycles. The van der Waals surface area contributed by atoms with E-state index in [1.165, 1.54) is 11.1 Å². The zero-order chi connectivity index (χ0) is 12.9. The molecule has 1 heterocycles. The summed E-state index contributed by atoms with van der Waals surface area (Å²) in [6.07, 6.45) is 1.02. The molecule has 0 aliphatic heterocycles. The normalized spacial score (nSPS) is 12.2. The molecule has 0 saturated carbocycles. The van der Waals surface area contributed by atoms with Gasteiger partial charge in [-0.3, -0.25) is 0 Å². The van der Waals surface area contributed by atoms with Crippen molar-refractivity contribution in [2.45, 2.75) is 25.0 Å². The zero-order valence-corrected chi connectivity index (χ0v) is 11.2. The fourth-order valence-corrected chi connectivity index (χ4v) is 2.31. The molecule has 1 rings (SSSR count). The molecule has 0 amide bonds. The summed E-state index contributed by atoms with van der Waals surface area (Å²) in [5, 5.41) is 4.42. The minimum absolute atomic E-state index is 0.0699. The molecule has 0 aliphatic carbocycles. The third kappa shape index (κ3) is 4.47. The van der Waals surface area contributed by atoms with Crippen LogP contribution in [0.4, 0.5) is 0 Å². The minimum Gasteiger partial charge on any atom is -0.447 e. The predicted molar refractivity (Wildman–Crippen MR) is 64.7 cm³/mol. The highest BCUT2D eigenvalue weighted by molar-refractivity contribution is 7.89. The number of rotatable bonds is 7. The summed E-state index contributed by atoms with van der Waals surface area (Å²) in [6, 6.07) is 3.11. The molecule has 0 aliphatic rings. The monoisotopic (exact) mass is 261 g/mol. The van der Waals surface area contributed by atoms with E-state index in [2.05, 4.69) is 17.1 Å². The molecule has 0 radical (unpaired) electrons. The Morgan fingerprint density at radius 1 is 1.35 bits per heavy atom. The highest BCUT2D eigenvalue weighted by Crippen LogP contribution is 2.13. The third-order valence-electron chi connectivity index (χ3n) is 1.93. The Morgan fingerprint density at radius 2 is 2.06 bits per heavy atom. The average Bonchev–Trinajstić information content (AvgIpc) is 2.65. The second-order valence-electron chi connectivity index (χ2n) is 3.89. The summed E-state index contributed by atoms with van der Waals surface area (Å²) >= 11 is 0. The number of furan rings is 1. The lowest BCUT2D eigenvalue weighted by Gasteiger charge is -2.10. The minimum atomic E-state index is -3.59. The molecule has 2 N–H and O–H groups in total. The van der Waals surface area contributed by atoms with Crippen LogP contribution in [0.3, 0.4) is 0 Å². The van der Waals surface area contributed by atoms with E-state index in [9.17, 15) is 8.42 Å². The van der Waals surface area contributed by atoms with Gasteiger partial charge in [-0.15, -0.1) is 4.83 Å². The van der Waals surface area contributed by atoms with Crippen LogP contribution in [-0.2, 0) is 16.6 Å². The number of hydrazine groups is 1. The van der Waals surface area contributed by atoms with Crippen LogP contribution in [-0.4, -0.2) is 34.1 Å². The van der Waals surface area contributed by atoms with Crippen molar-refractivity contribution < 1.29 is 12.8 Å². The Morgan fingerprint density at radius 3 is 2.65 bits per heavy atom. The zero-order valence-electron chi connectivity index (χ0n) is 10.4. The van der Waals surface area contributed by atoms with Crippen LogP contribution in [0.1, 0.15) is 19.1 Å². The van der Waals surface area contributed by atoms with Gasteiger partial charge < -0.3 is 9.73 Å². The smallest absolute Gasteiger partial charge is 0.286 e. The fraction of sp³-hybridized carbons (Fsp3) is 0.600. The second kappa shape index (κ2) is 6.15. The summed E-state index contributed by atoms with van der Waals surface area (Å²) in [5.74, 6) is 0.609. The van der Waals surface area contributed by atoms with E-state index in [-0.39, 0.29) is 5.09 Å². The highest BCUT2D eigenvalue weighted by atomic mass is 32.2. The molecule has 1 aromatic rings. The molecule has 6 nitrogen and oxygen atoms in total. The molecule has 1 aromatic heterocycles. The van der Waals surface area contributed by atoms with Crippen LogP contribution in [0.25, 0.3) is 0 Å². The summed E-state index contributed by atoms with van der Waals surface area (Å²) in [6.45, 7) is 3.47. The molecule has 17 heavy (non-hydrogen) atoms. The van der Waals surface area contributed by atoms with Crippen LogP contribution < -0.4 is 10.1 Å². The van der Waals surface area contributed by atoms with Crippen LogP contribution in [0.15, 0.2) is 21.6 Å². The van der Waals surface area contributed by atoms with Gasteiger partial charge in [-0.25, -0.2) is 13.4 Å². The first-order valence-corrected chi connectivity index (χ1v) is 6.93. The summed E-state index contributed by atoms with van der Waals surface area (Å²) in [7, 11) is -0.385.